The van der Waals surface area contributed by atoms with Gasteiger partial charge in [-0.1, -0.05) is 90.4 Å². The second-order valence-electron chi connectivity index (χ2n) is 6.06. The quantitative estimate of drug-likeness (QED) is 0.323. The lowest BCUT2D eigenvalue weighted by molar-refractivity contribution is 0.522. The van der Waals surface area contributed by atoms with Crippen molar-refractivity contribution in [2.24, 2.45) is 5.92 Å². The first-order valence-corrected chi connectivity index (χ1v) is 8.70. The number of nitriles is 1. The SMILES string of the molecule is CCCCCCCCCCCCCCCC(C)C#N. The molecule has 0 aliphatic rings. The summed E-state index contributed by atoms with van der Waals surface area (Å²) in [5.41, 5.74) is 0. The van der Waals surface area contributed by atoms with Gasteiger partial charge in [0.05, 0.1) is 6.07 Å². The molecule has 0 heterocycles. The van der Waals surface area contributed by atoms with Crippen molar-refractivity contribution in [3.05, 3.63) is 0 Å². The third-order valence-electron chi connectivity index (χ3n) is 3.96. The molecule has 1 nitrogen and oxygen atoms in total. The summed E-state index contributed by atoms with van der Waals surface area (Å²) in [6.45, 7) is 4.31. The van der Waals surface area contributed by atoms with E-state index in [0.29, 0.717) is 0 Å². The summed E-state index contributed by atoms with van der Waals surface area (Å²) in [4.78, 5) is 0. The highest BCUT2D eigenvalue weighted by atomic mass is 14.3. The lowest BCUT2D eigenvalue weighted by atomic mass is 10.0. The summed E-state index contributed by atoms with van der Waals surface area (Å²) in [5, 5.41) is 8.68. The standard InChI is InChI=1S/C18H35N/c1-3-4-5-6-7-8-9-10-11-12-13-14-15-16-18(2)17-19/h18H,3-16H2,1-2H3. The fourth-order valence-electron chi connectivity index (χ4n) is 2.53. The van der Waals surface area contributed by atoms with E-state index in [9.17, 15) is 0 Å². The zero-order valence-electron chi connectivity index (χ0n) is 13.4. The van der Waals surface area contributed by atoms with E-state index >= 15 is 0 Å². The van der Waals surface area contributed by atoms with Crippen LogP contribution in [0.25, 0.3) is 0 Å². The molecule has 0 fully saturated rings. The van der Waals surface area contributed by atoms with E-state index < -0.39 is 0 Å². The normalized spacial score (nSPS) is 12.3. The van der Waals surface area contributed by atoms with Crippen molar-refractivity contribution in [1.29, 1.82) is 5.26 Å². The van der Waals surface area contributed by atoms with Crippen LogP contribution in [-0.2, 0) is 0 Å². The maximum atomic E-state index is 8.68. The van der Waals surface area contributed by atoms with Crippen LogP contribution < -0.4 is 0 Å². The molecule has 1 heteroatoms. The van der Waals surface area contributed by atoms with Gasteiger partial charge >= 0.3 is 0 Å². The molecule has 0 radical (unpaired) electrons. The molecule has 0 aliphatic carbocycles. The Morgan fingerprint density at radius 3 is 1.42 bits per heavy atom. The van der Waals surface area contributed by atoms with Crippen LogP contribution >= 0.6 is 0 Å². The maximum absolute atomic E-state index is 8.68. The molecule has 0 N–H and O–H groups in total. The molecule has 1 unspecified atom stereocenters. The Kier molecular flexibility index (Phi) is 15.1. The third kappa shape index (κ3) is 15.4. The van der Waals surface area contributed by atoms with Crippen LogP contribution in [0.3, 0.4) is 0 Å². The predicted octanol–water partition coefficient (Wildman–Crippen LogP) is 6.63. The van der Waals surface area contributed by atoms with E-state index in [2.05, 4.69) is 13.0 Å². The maximum Gasteiger partial charge on any atom is 0.0652 e. The largest absolute Gasteiger partial charge is 0.198 e. The van der Waals surface area contributed by atoms with Crippen LogP contribution in [0.5, 0.6) is 0 Å². The molecule has 1 atom stereocenters. The second-order valence-corrected chi connectivity index (χ2v) is 6.06. The van der Waals surface area contributed by atoms with Gasteiger partial charge < -0.3 is 0 Å². The van der Waals surface area contributed by atoms with Crippen LogP contribution in [0.2, 0.25) is 0 Å². The van der Waals surface area contributed by atoms with E-state index in [-0.39, 0.29) is 5.92 Å². The molecule has 0 aliphatic heterocycles. The van der Waals surface area contributed by atoms with Crippen LogP contribution in [-0.4, -0.2) is 0 Å². The number of unbranched alkanes of at least 4 members (excludes halogenated alkanes) is 12. The lowest BCUT2D eigenvalue weighted by Gasteiger charge is -2.03. The first-order valence-electron chi connectivity index (χ1n) is 8.70. The van der Waals surface area contributed by atoms with Gasteiger partial charge in [0, 0.05) is 5.92 Å². The molecule has 0 rings (SSSR count). The fourth-order valence-corrected chi connectivity index (χ4v) is 2.53. The Morgan fingerprint density at radius 2 is 1.05 bits per heavy atom. The number of hydrogen-bond acceptors (Lipinski definition) is 1. The fraction of sp³-hybridized carbons (Fsp3) is 0.944. The van der Waals surface area contributed by atoms with Crippen LogP contribution in [0.1, 0.15) is 104 Å². The molecule has 0 bridgehead atoms. The van der Waals surface area contributed by atoms with Crippen molar-refractivity contribution < 1.29 is 0 Å². The zero-order valence-corrected chi connectivity index (χ0v) is 13.4. The summed E-state index contributed by atoms with van der Waals surface area (Å²) in [5.74, 6) is 0.257. The monoisotopic (exact) mass is 265 g/mol. The first-order chi connectivity index (χ1) is 9.31. The van der Waals surface area contributed by atoms with Crippen LogP contribution in [0, 0.1) is 17.2 Å². The average molecular weight is 265 g/mol. The van der Waals surface area contributed by atoms with Crippen molar-refractivity contribution in [2.45, 2.75) is 104 Å². The molecule has 0 saturated heterocycles. The van der Waals surface area contributed by atoms with Crippen LogP contribution in [0.4, 0.5) is 0 Å². The van der Waals surface area contributed by atoms with E-state index in [1.165, 1.54) is 83.5 Å². The Balaban J connectivity index is 2.97. The lowest BCUT2D eigenvalue weighted by Crippen LogP contribution is -1.89. The topological polar surface area (TPSA) is 23.8 Å². The van der Waals surface area contributed by atoms with Crippen molar-refractivity contribution in [2.75, 3.05) is 0 Å². The van der Waals surface area contributed by atoms with Crippen molar-refractivity contribution in [3.63, 3.8) is 0 Å². The summed E-state index contributed by atoms with van der Waals surface area (Å²) in [7, 11) is 0. The zero-order chi connectivity index (χ0) is 14.2. The molecular weight excluding hydrogens is 230 g/mol. The minimum atomic E-state index is 0.257. The van der Waals surface area contributed by atoms with Gasteiger partial charge in [0.25, 0.3) is 0 Å². The summed E-state index contributed by atoms with van der Waals surface area (Å²) >= 11 is 0. The average Bonchev–Trinajstić information content (AvgIpc) is 2.43. The molecule has 19 heavy (non-hydrogen) atoms. The highest BCUT2D eigenvalue weighted by molar-refractivity contribution is 4.77. The Labute approximate surface area is 121 Å². The van der Waals surface area contributed by atoms with Gasteiger partial charge in [-0.2, -0.15) is 5.26 Å². The van der Waals surface area contributed by atoms with Crippen LogP contribution in [0.15, 0.2) is 0 Å². The van der Waals surface area contributed by atoms with Gasteiger partial charge in [0.15, 0.2) is 0 Å². The van der Waals surface area contributed by atoms with E-state index in [1.54, 1.807) is 0 Å². The summed E-state index contributed by atoms with van der Waals surface area (Å²) in [6, 6.07) is 2.31. The van der Waals surface area contributed by atoms with E-state index in [1.807, 2.05) is 6.92 Å². The number of hydrogen-bond donors (Lipinski definition) is 0. The molecule has 0 aromatic rings. The third-order valence-corrected chi connectivity index (χ3v) is 3.96. The first kappa shape index (κ1) is 18.5. The molecule has 0 amide bonds. The Hall–Kier alpha value is -0.510. The summed E-state index contributed by atoms with van der Waals surface area (Å²) < 4.78 is 0. The smallest absolute Gasteiger partial charge is 0.0652 e. The summed E-state index contributed by atoms with van der Waals surface area (Å²) in [6.07, 6.45) is 19.3. The van der Waals surface area contributed by atoms with E-state index in [0.717, 1.165) is 6.42 Å². The molecule has 0 saturated carbocycles. The molecular formula is C18H35N. The number of rotatable bonds is 14. The number of nitrogens with zero attached hydrogens (tertiary/aromatic N) is 1. The van der Waals surface area contributed by atoms with E-state index in [4.69, 9.17) is 5.26 Å². The van der Waals surface area contributed by atoms with Gasteiger partial charge in [0.1, 0.15) is 0 Å². The van der Waals surface area contributed by atoms with Gasteiger partial charge in [0.2, 0.25) is 0 Å². The molecule has 0 aromatic heterocycles. The molecule has 0 spiro atoms. The van der Waals surface area contributed by atoms with Gasteiger partial charge in [-0.3, -0.25) is 0 Å². The Morgan fingerprint density at radius 1 is 0.684 bits per heavy atom. The second kappa shape index (κ2) is 15.5. The minimum Gasteiger partial charge on any atom is -0.198 e. The van der Waals surface area contributed by atoms with Crippen molar-refractivity contribution >= 4 is 0 Å². The molecule has 0 aromatic carbocycles. The van der Waals surface area contributed by atoms with Crippen molar-refractivity contribution in [1.82, 2.24) is 0 Å². The van der Waals surface area contributed by atoms with Crippen molar-refractivity contribution in [3.8, 4) is 6.07 Å². The van der Waals surface area contributed by atoms with Gasteiger partial charge in [-0.25, -0.2) is 0 Å². The highest BCUT2D eigenvalue weighted by Crippen LogP contribution is 2.14. The molecule has 112 valence electrons. The predicted molar refractivity (Wildman–Crippen MR) is 85.1 cm³/mol. The highest BCUT2D eigenvalue weighted by Gasteiger charge is 1.98. The Bertz CT molecular complexity index is 204. The van der Waals surface area contributed by atoms with Gasteiger partial charge in [-0.05, 0) is 13.3 Å². The van der Waals surface area contributed by atoms with Gasteiger partial charge in [-0.15, -0.1) is 0 Å². The minimum absolute atomic E-state index is 0.257.